The highest BCUT2D eigenvalue weighted by Gasteiger charge is 2.12. The van der Waals surface area contributed by atoms with E-state index in [1.807, 2.05) is 18.9 Å². The summed E-state index contributed by atoms with van der Waals surface area (Å²) in [7, 11) is 1.88. The number of carboxylic acid groups (broad SMARTS) is 1. The van der Waals surface area contributed by atoms with E-state index in [0.29, 0.717) is 12.2 Å². The van der Waals surface area contributed by atoms with E-state index in [1.165, 1.54) is 18.5 Å². The number of benzene rings is 1. The van der Waals surface area contributed by atoms with Gasteiger partial charge >= 0.3 is 5.97 Å². The van der Waals surface area contributed by atoms with Crippen molar-refractivity contribution in [2.45, 2.75) is 20.0 Å². The summed E-state index contributed by atoms with van der Waals surface area (Å²) < 4.78 is 1.80. The average molecular weight is 275 g/mol. The van der Waals surface area contributed by atoms with Gasteiger partial charge in [0.2, 0.25) is 0 Å². The molecule has 0 fully saturated rings. The monoisotopic (exact) mass is 275 g/mol. The van der Waals surface area contributed by atoms with E-state index in [9.17, 15) is 4.79 Å². The average Bonchev–Trinajstić information content (AvgIpc) is 2.85. The molecule has 0 aliphatic rings. The molecule has 0 aliphatic heterocycles. The lowest BCUT2D eigenvalue weighted by molar-refractivity contribution is 0.0697. The number of rotatable bonds is 5. The molecular formula is C13H17N5O2. The maximum absolute atomic E-state index is 10.9. The van der Waals surface area contributed by atoms with Crippen LogP contribution in [-0.4, -0.2) is 32.9 Å². The lowest BCUT2D eigenvalue weighted by Crippen LogP contribution is -2.21. The maximum Gasteiger partial charge on any atom is 0.335 e. The summed E-state index contributed by atoms with van der Waals surface area (Å²) in [6.45, 7) is 3.29. The van der Waals surface area contributed by atoms with Gasteiger partial charge in [-0.3, -0.25) is 0 Å². The summed E-state index contributed by atoms with van der Waals surface area (Å²) in [4.78, 5) is 17.0. The molecule has 2 rings (SSSR count). The summed E-state index contributed by atoms with van der Waals surface area (Å²) in [5, 5.41) is 13.0. The van der Waals surface area contributed by atoms with Crippen molar-refractivity contribution in [1.29, 1.82) is 0 Å². The smallest absolute Gasteiger partial charge is 0.335 e. The molecule has 1 aromatic carbocycles. The first-order valence-electron chi connectivity index (χ1n) is 6.23. The number of anilines is 2. The summed E-state index contributed by atoms with van der Waals surface area (Å²) in [6.07, 6.45) is 1.52. The van der Waals surface area contributed by atoms with Crippen molar-refractivity contribution in [2.24, 2.45) is 0 Å². The van der Waals surface area contributed by atoms with Crippen LogP contribution in [-0.2, 0) is 13.1 Å². The molecular weight excluding hydrogens is 258 g/mol. The minimum absolute atomic E-state index is 0.177. The normalized spacial score (nSPS) is 10.5. The summed E-state index contributed by atoms with van der Waals surface area (Å²) in [5.74, 6) is -0.159. The predicted molar refractivity (Wildman–Crippen MR) is 75.6 cm³/mol. The number of carboxylic acids is 1. The van der Waals surface area contributed by atoms with Gasteiger partial charge in [0.25, 0.3) is 0 Å². The summed E-state index contributed by atoms with van der Waals surface area (Å²) in [6, 6.07) is 4.69. The highest BCUT2D eigenvalue weighted by Crippen LogP contribution is 2.24. The van der Waals surface area contributed by atoms with Crippen LogP contribution in [0.5, 0.6) is 0 Å². The van der Waals surface area contributed by atoms with Crippen LogP contribution in [0.25, 0.3) is 0 Å². The standard InChI is InChI=1S/C13H17N5O2/c1-3-18-12(15-8-16-18)7-17(2)11-5-4-9(13(19)20)6-10(11)14/h4-6,8H,3,7,14H2,1-2H3,(H,19,20). The molecule has 0 spiro atoms. The molecule has 2 aromatic rings. The van der Waals surface area contributed by atoms with Crippen molar-refractivity contribution in [3.05, 3.63) is 35.9 Å². The molecule has 3 N–H and O–H groups in total. The molecule has 0 radical (unpaired) electrons. The molecule has 0 atom stereocenters. The molecule has 1 aromatic heterocycles. The Labute approximate surface area is 116 Å². The number of carbonyl (C=O) groups is 1. The van der Waals surface area contributed by atoms with Gasteiger partial charge in [-0.1, -0.05) is 0 Å². The van der Waals surface area contributed by atoms with Crippen LogP contribution in [0.1, 0.15) is 23.1 Å². The second-order valence-corrected chi connectivity index (χ2v) is 4.43. The maximum atomic E-state index is 10.9. The van der Waals surface area contributed by atoms with Crippen LogP contribution >= 0.6 is 0 Å². The first-order chi connectivity index (χ1) is 9.52. The molecule has 106 valence electrons. The second-order valence-electron chi connectivity index (χ2n) is 4.43. The molecule has 20 heavy (non-hydrogen) atoms. The van der Waals surface area contributed by atoms with Gasteiger partial charge in [0.15, 0.2) is 0 Å². The fourth-order valence-corrected chi connectivity index (χ4v) is 2.01. The number of nitrogens with zero attached hydrogens (tertiary/aromatic N) is 4. The molecule has 0 saturated carbocycles. The molecule has 0 saturated heterocycles. The van der Waals surface area contributed by atoms with Crippen LogP contribution in [0, 0.1) is 0 Å². The van der Waals surface area contributed by atoms with Gasteiger partial charge in [0.05, 0.1) is 23.5 Å². The SMILES string of the molecule is CCn1ncnc1CN(C)c1ccc(C(=O)O)cc1N. The fraction of sp³-hybridized carbons (Fsp3) is 0.308. The lowest BCUT2D eigenvalue weighted by Gasteiger charge is -2.21. The Morgan fingerprint density at radius 3 is 2.85 bits per heavy atom. The van der Waals surface area contributed by atoms with Gasteiger partial charge < -0.3 is 15.7 Å². The van der Waals surface area contributed by atoms with Crippen molar-refractivity contribution in [3.63, 3.8) is 0 Å². The third-order valence-corrected chi connectivity index (χ3v) is 3.06. The van der Waals surface area contributed by atoms with E-state index in [-0.39, 0.29) is 5.56 Å². The molecule has 7 heteroatoms. The van der Waals surface area contributed by atoms with Gasteiger partial charge in [-0.2, -0.15) is 5.10 Å². The minimum atomic E-state index is -0.989. The fourth-order valence-electron chi connectivity index (χ4n) is 2.01. The largest absolute Gasteiger partial charge is 0.478 e. The van der Waals surface area contributed by atoms with Gasteiger partial charge in [0.1, 0.15) is 12.2 Å². The first kappa shape index (κ1) is 13.9. The lowest BCUT2D eigenvalue weighted by atomic mass is 10.1. The second kappa shape index (κ2) is 5.60. The Balaban J connectivity index is 2.21. The van der Waals surface area contributed by atoms with Gasteiger partial charge in [-0.25, -0.2) is 14.5 Å². The highest BCUT2D eigenvalue weighted by molar-refractivity contribution is 5.90. The van der Waals surface area contributed by atoms with Crippen molar-refractivity contribution >= 4 is 17.3 Å². The van der Waals surface area contributed by atoms with Crippen molar-refractivity contribution < 1.29 is 9.90 Å². The van der Waals surface area contributed by atoms with Crippen LogP contribution < -0.4 is 10.6 Å². The molecule has 0 unspecified atom stereocenters. The number of aromatic nitrogens is 3. The van der Waals surface area contributed by atoms with E-state index in [4.69, 9.17) is 10.8 Å². The Bertz CT molecular complexity index is 623. The number of hydrogen-bond acceptors (Lipinski definition) is 5. The number of nitrogen functional groups attached to an aromatic ring is 1. The third kappa shape index (κ3) is 2.71. The number of aromatic carboxylic acids is 1. The Morgan fingerprint density at radius 2 is 2.25 bits per heavy atom. The quantitative estimate of drug-likeness (QED) is 0.796. The minimum Gasteiger partial charge on any atom is -0.478 e. The number of nitrogens with two attached hydrogens (primary N) is 1. The van der Waals surface area contributed by atoms with E-state index >= 15 is 0 Å². The molecule has 0 aliphatic carbocycles. The van der Waals surface area contributed by atoms with Gasteiger partial charge in [-0.05, 0) is 25.1 Å². The number of aryl methyl sites for hydroxylation is 1. The third-order valence-electron chi connectivity index (χ3n) is 3.06. The van der Waals surface area contributed by atoms with E-state index in [1.54, 1.807) is 10.7 Å². The highest BCUT2D eigenvalue weighted by atomic mass is 16.4. The molecule has 1 heterocycles. The Morgan fingerprint density at radius 1 is 1.50 bits per heavy atom. The van der Waals surface area contributed by atoms with Gasteiger partial charge in [0, 0.05) is 13.6 Å². The van der Waals surface area contributed by atoms with E-state index in [0.717, 1.165) is 18.1 Å². The Hall–Kier alpha value is -2.57. The van der Waals surface area contributed by atoms with Crippen molar-refractivity contribution in [1.82, 2.24) is 14.8 Å². The summed E-state index contributed by atoms with van der Waals surface area (Å²) in [5.41, 5.74) is 7.28. The first-order valence-corrected chi connectivity index (χ1v) is 6.23. The molecule has 7 nitrogen and oxygen atoms in total. The zero-order valence-corrected chi connectivity index (χ0v) is 11.4. The zero-order valence-electron chi connectivity index (χ0n) is 11.4. The van der Waals surface area contributed by atoms with E-state index in [2.05, 4.69) is 10.1 Å². The molecule has 0 bridgehead atoms. The van der Waals surface area contributed by atoms with Crippen LogP contribution in [0.2, 0.25) is 0 Å². The van der Waals surface area contributed by atoms with Crippen LogP contribution in [0.3, 0.4) is 0 Å². The van der Waals surface area contributed by atoms with Crippen LogP contribution in [0.4, 0.5) is 11.4 Å². The van der Waals surface area contributed by atoms with Crippen molar-refractivity contribution in [2.75, 3.05) is 17.7 Å². The van der Waals surface area contributed by atoms with Gasteiger partial charge in [-0.15, -0.1) is 0 Å². The predicted octanol–water partition coefficient (Wildman–Crippen LogP) is 1.21. The van der Waals surface area contributed by atoms with Crippen molar-refractivity contribution in [3.8, 4) is 0 Å². The van der Waals surface area contributed by atoms with Crippen LogP contribution in [0.15, 0.2) is 24.5 Å². The topological polar surface area (TPSA) is 97.3 Å². The zero-order chi connectivity index (χ0) is 14.7. The Kier molecular flexibility index (Phi) is 3.88. The number of hydrogen-bond donors (Lipinski definition) is 2. The van der Waals surface area contributed by atoms with E-state index < -0.39 is 5.97 Å². The summed E-state index contributed by atoms with van der Waals surface area (Å²) >= 11 is 0. The molecule has 0 amide bonds.